The van der Waals surface area contributed by atoms with Gasteiger partial charge in [-0.2, -0.15) is 0 Å². The Morgan fingerprint density at radius 1 is 1.17 bits per heavy atom. The number of rotatable bonds is 5. The first-order valence-electron chi connectivity index (χ1n) is 6.45. The second-order valence-corrected chi connectivity index (χ2v) is 5.41. The molecule has 1 aromatic carbocycles. The summed E-state index contributed by atoms with van der Waals surface area (Å²) in [5, 5.41) is 0.607. The summed E-state index contributed by atoms with van der Waals surface area (Å²) in [6.07, 6.45) is 4.45. The fraction of sp³-hybridized carbons (Fsp3) is 0.571. The highest BCUT2D eigenvalue weighted by Gasteiger charge is 2.19. The highest BCUT2D eigenvalue weighted by molar-refractivity contribution is 6.33. The van der Waals surface area contributed by atoms with Crippen LogP contribution in [0.4, 0.5) is 0 Å². The molecule has 0 radical (unpaired) electrons. The smallest absolute Gasteiger partial charge is 0.162 e. The van der Waals surface area contributed by atoms with E-state index >= 15 is 0 Å². The van der Waals surface area contributed by atoms with E-state index < -0.39 is 0 Å². The van der Waals surface area contributed by atoms with Crippen molar-refractivity contribution in [3.05, 3.63) is 22.7 Å². The summed E-state index contributed by atoms with van der Waals surface area (Å²) in [6.45, 7) is 3.33. The second kappa shape index (κ2) is 6.53. The molecule has 0 amide bonds. The van der Waals surface area contributed by atoms with E-state index in [1.165, 1.54) is 12.8 Å². The minimum Gasteiger partial charge on any atom is -0.486 e. The number of fused-ring (bicyclic) bond motifs is 1. The summed E-state index contributed by atoms with van der Waals surface area (Å²) in [5.41, 5.74) is 0.943. The zero-order chi connectivity index (χ0) is 13.0. The first kappa shape index (κ1) is 13.8. The number of hydrogen-bond donors (Lipinski definition) is 0. The average molecular weight is 289 g/mol. The molecule has 100 valence electrons. The summed E-state index contributed by atoms with van der Waals surface area (Å²) >= 11 is 12.7. The zero-order valence-corrected chi connectivity index (χ0v) is 12.1. The highest BCUT2D eigenvalue weighted by Crippen LogP contribution is 2.40. The maximum atomic E-state index is 6.41. The lowest BCUT2D eigenvalue weighted by atomic mass is 10.0. The summed E-state index contributed by atoms with van der Waals surface area (Å²) in [7, 11) is 0. The third-order valence-electron chi connectivity index (χ3n) is 3.06. The third-order valence-corrected chi connectivity index (χ3v) is 3.84. The van der Waals surface area contributed by atoms with Crippen LogP contribution in [0, 0.1) is 0 Å². The molecule has 0 spiro atoms. The van der Waals surface area contributed by atoms with Crippen molar-refractivity contribution in [3.63, 3.8) is 0 Å². The Morgan fingerprint density at radius 3 is 2.50 bits per heavy atom. The van der Waals surface area contributed by atoms with Crippen molar-refractivity contribution in [2.45, 2.75) is 38.0 Å². The molecule has 1 unspecified atom stereocenters. The van der Waals surface area contributed by atoms with Crippen LogP contribution in [-0.4, -0.2) is 13.2 Å². The van der Waals surface area contributed by atoms with Gasteiger partial charge in [-0.15, -0.1) is 11.6 Å². The fourth-order valence-electron chi connectivity index (χ4n) is 2.05. The number of hydrogen-bond acceptors (Lipinski definition) is 2. The van der Waals surface area contributed by atoms with Crippen LogP contribution < -0.4 is 9.47 Å². The number of benzene rings is 1. The lowest BCUT2D eigenvalue weighted by Crippen LogP contribution is -2.15. The molecule has 1 atom stereocenters. The Kier molecular flexibility index (Phi) is 5.02. The van der Waals surface area contributed by atoms with Crippen LogP contribution in [0.15, 0.2) is 12.1 Å². The van der Waals surface area contributed by atoms with Gasteiger partial charge >= 0.3 is 0 Å². The molecule has 2 nitrogen and oxygen atoms in total. The van der Waals surface area contributed by atoms with Crippen LogP contribution in [-0.2, 0) is 0 Å². The van der Waals surface area contributed by atoms with Gasteiger partial charge in [0.05, 0.1) is 5.38 Å². The summed E-state index contributed by atoms with van der Waals surface area (Å²) < 4.78 is 11.0. The van der Waals surface area contributed by atoms with Crippen molar-refractivity contribution >= 4 is 23.2 Å². The molecule has 0 saturated heterocycles. The lowest BCUT2D eigenvalue weighted by Gasteiger charge is -2.21. The second-order valence-electron chi connectivity index (χ2n) is 4.48. The molecule has 1 heterocycles. The lowest BCUT2D eigenvalue weighted by molar-refractivity contribution is 0.171. The molecule has 0 bridgehead atoms. The van der Waals surface area contributed by atoms with Gasteiger partial charge in [0.2, 0.25) is 0 Å². The van der Waals surface area contributed by atoms with E-state index in [-0.39, 0.29) is 5.38 Å². The van der Waals surface area contributed by atoms with Gasteiger partial charge in [-0.3, -0.25) is 0 Å². The van der Waals surface area contributed by atoms with Crippen LogP contribution in [0.1, 0.15) is 43.5 Å². The molecule has 1 aromatic rings. The van der Waals surface area contributed by atoms with E-state index in [1.54, 1.807) is 6.07 Å². The number of unbranched alkanes of at least 4 members (excludes halogenated alkanes) is 2. The van der Waals surface area contributed by atoms with Crippen molar-refractivity contribution in [1.29, 1.82) is 0 Å². The predicted molar refractivity (Wildman–Crippen MR) is 75.2 cm³/mol. The molecule has 0 aliphatic carbocycles. The topological polar surface area (TPSA) is 18.5 Å². The Labute approximate surface area is 118 Å². The van der Waals surface area contributed by atoms with E-state index in [4.69, 9.17) is 32.7 Å². The Bertz CT molecular complexity index is 407. The average Bonchev–Trinajstić information content (AvgIpc) is 2.38. The normalized spacial score (nSPS) is 15.5. The van der Waals surface area contributed by atoms with Crippen molar-refractivity contribution in [2.24, 2.45) is 0 Å². The van der Waals surface area contributed by atoms with Gasteiger partial charge in [-0.25, -0.2) is 0 Å². The van der Waals surface area contributed by atoms with Gasteiger partial charge < -0.3 is 9.47 Å². The van der Waals surface area contributed by atoms with Crippen LogP contribution in [0.3, 0.4) is 0 Å². The van der Waals surface area contributed by atoms with E-state index in [0.717, 1.165) is 24.2 Å². The largest absolute Gasteiger partial charge is 0.486 e. The first-order valence-corrected chi connectivity index (χ1v) is 7.27. The predicted octanol–water partition coefficient (Wildman–Crippen LogP) is 4.97. The molecular formula is C14H18Cl2O2. The highest BCUT2D eigenvalue weighted by atomic mass is 35.5. The zero-order valence-electron chi connectivity index (χ0n) is 10.5. The SMILES string of the molecule is CCCCCC(Cl)c1cc2c(cc1Cl)OCCO2. The minimum absolute atomic E-state index is 0.0557. The Morgan fingerprint density at radius 2 is 1.83 bits per heavy atom. The quantitative estimate of drug-likeness (QED) is 0.562. The maximum absolute atomic E-state index is 6.41. The summed E-state index contributed by atoms with van der Waals surface area (Å²) in [4.78, 5) is 0. The molecule has 1 aliphatic heterocycles. The Hall–Kier alpha value is -0.600. The number of alkyl halides is 1. The maximum Gasteiger partial charge on any atom is 0.162 e. The van der Waals surface area contributed by atoms with Gasteiger partial charge in [0, 0.05) is 11.1 Å². The number of ether oxygens (including phenoxy) is 2. The van der Waals surface area contributed by atoms with Crippen LogP contribution in [0.25, 0.3) is 0 Å². The molecule has 4 heteroatoms. The number of halogens is 2. The van der Waals surface area contributed by atoms with Crippen LogP contribution >= 0.6 is 23.2 Å². The van der Waals surface area contributed by atoms with Crippen molar-refractivity contribution in [2.75, 3.05) is 13.2 Å². The monoisotopic (exact) mass is 288 g/mol. The minimum atomic E-state index is -0.0557. The van der Waals surface area contributed by atoms with Crippen molar-refractivity contribution in [1.82, 2.24) is 0 Å². The third kappa shape index (κ3) is 3.24. The summed E-state index contributed by atoms with van der Waals surface area (Å²) in [6, 6.07) is 3.72. The molecule has 2 rings (SSSR count). The van der Waals surface area contributed by atoms with Gasteiger partial charge in [-0.05, 0) is 18.1 Å². The van der Waals surface area contributed by atoms with Gasteiger partial charge in [0.25, 0.3) is 0 Å². The molecule has 0 saturated carbocycles. The van der Waals surface area contributed by atoms with E-state index in [0.29, 0.717) is 24.0 Å². The van der Waals surface area contributed by atoms with Gasteiger partial charge in [-0.1, -0.05) is 37.8 Å². The van der Waals surface area contributed by atoms with Crippen LogP contribution in [0.2, 0.25) is 5.02 Å². The van der Waals surface area contributed by atoms with Gasteiger partial charge in [0.15, 0.2) is 11.5 Å². The molecule has 0 fully saturated rings. The molecule has 1 aliphatic rings. The van der Waals surface area contributed by atoms with E-state index in [2.05, 4.69) is 6.92 Å². The molecule has 0 aromatic heterocycles. The fourth-order valence-corrected chi connectivity index (χ4v) is 2.72. The van der Waals surface area contributed by atoms with Crippen molar-refractivity contribution in [3.8, 4) is 11.5 Å². The van der Waals surface area contributed by atoms with E-state index in [9.17, 15) is 0 Å². The van der Waals surface area contributed by atoms with E-state index in [1.807, 2.05) is 6.07 Å². The van der Waals surface area contributed by atoms with Crippen molar-refractivity contribution < 1.29 is 9.47 Å². The molecule has 18 heavy (non-hydrogen) atoms. The molecule has 0 N–H and O–H groups in total. The van der Waals surface area contributed by atoms with Crippen LogP contribution in [0.5, 0.6) is 11.5 Å². The summed E-state index contributed by atoms with van der Waals surface area (Å²) in [5.74, 6) is 1.47. The first-order chi connectivity index (χ1) is 8.72. The standard InChI is InChI=1S/C14H18Cl2O2/c1-2-3-4-5-11(15)10-8-13-14(9-12(10)16)18-7-6-17-13/h8-9,11H,2-7H2,1H3. The Balaban J connectivity index is 2.12. The molecular weight excluding hydrogens is 271 g/mol. The van der Waals surface area contributed by atoms with Gasteiger partial charge in [0.1, 0.15) is 13.2 Å².